The van der Waals surface area contributed by atoms with Crippen LogP contribution in [0.25, 0.3) is 0 Å². The molecule has 0 fully saturated rings. The van der Waals surface area contributed by atoms with Crippen molar-refractivity contribution in [2.24, 2.45) is 0 Å². The van der Waals surface area contributed by atoms with E-state index in [2.05, 4.69) is 36.8 Å². The minimum atomic E-state index is -3.81. The van der Waals surface area contributed by atoms with Gasteiger partial charge in [0.1, 0.15) is 0 Å². The molecular weight excluding hydrogens is 314 g/mol. The Bertz CT molecular complexity index is 164. The molecule has 0 saturated heterocycles. The van der Waals surface area contributed by atoms with Crippen molar-refractivity contribution >= 4 is 48.8 Å². The molecule has 6 nitrogen and oxygen atoms in total. The van der Waals surface area contributed by atoms with Crippen LogP contribution in [-0.4, -0.2) is 41.4 Å². The number of hydrogen-bond acceptors (Lipinski definition) is 3. The lowest BCUT2D eigenvalue weighted by molar-refractivity contribution is 0.361. The highest BCUT2D eigenvalue weighted by molar-refractivity contribution is 8.06. The third-order valence-electron chi connectivity index (χ3n) is 0.289. The van der Waals surface area contributed by atoms with E-state index in [1.165, 1.54) is 5.75 Å². The van der Waals surface area contributed by atoms with Gasteiger partial charge in [-0.1, -0.05) is 21.8 Å². The maximum absolute atomic E-state index is 7.56. The Balaban J connectivity index is -0.0000000358. The smallest absolute Gasteiger partial charge is 0.319 e. The first-order valence-corrected chi connectivity index (χ1v) is 9.68. The van der Waals surface area contributed by atoms with Crippen molar-refractivity contribution in [2.45, 2.75) is 21.8 Å². The van der Waals surface area contributed by atoms with Gasteiger partial charge in [-0.15, -0.1) is 0 Å². The Labute approximate surface area is 112 Å². The normalized spacial score (nSPS) is 9.25. The Morgan fingerprint density at radius 3 is 0.938 bits per heavy atom. The second-order valence-electron chi connectivity index (χ2n) is 1.60. The van der Waals surface area contributed by atoms with E-state index in [4.69, 9.17) is 29.4 Å². The molecule has 0 bridgehead atoms. The second-order valence-corrected chi connectivity index (χ2v) is 7.75. The third kappa shape index (κ3) is 551. The van der Waals surface area contributed by atoms with Crippen molar-refractivity contribution in [3.8, 4) is 0 Å². The van der Waals surface area contributed by atoms with Crippen LogP contribution in [0.5, 0.6) is 0 Å². The Morgan fingerprint density at radius 1 is 0.875 bits per heavy atom. The summed E-state index contributed by atoms with van der Waals surface area (Å²) >= 11 is 9.06. The van der Waals surface area contributed by atoms with E-state index in [1.54, 1.807) is 0 Å². The lowest BCUT2D eigenvalue weighted by Crippen LogP contribution is -1.65. The summed E-state index contributed by atoms with van der Waals surface area (Å²) in [6.07, 6.45) is 2.10. The molecule has 0 atom stereocenters. The monoisotopic (exact) mass is 336 g/mol. The predicted molar refractivity (Wildman–Crippen MR) is 79.4 cm³/mol. The average Bonchev–Trinajstić information content (AvgIpc) is 1.79. The molecule has 16 heavy (non-hydrogen) atoms. The van der Waals surface area contributed by atoms with Crippen molar-refractivity contribution in [3.05, 3.63) is 0 Å². The molecule has 11 heteroatoms. The largest absolute Gasteiger partial charge is 0.325 e. The van der Waals surface area contributed by atoms with Crippen LogP contribution in [0.4, 0.5) is 0 Å². The van der Waals surface area contributed by atoms with Crippen LogP contribution in [0.3, 0.4) is 0 Å². The first kappa shape index (κ1) is 30.4. The van der Waals surface area contributed by atoms with Gasteiger partial charge in [-0.05, 0) is 35.6 Å². The van der Waals surface area contributed by atoms with Gasteiger partial charge in [0.2, 0.25) is 0 Å². The number of rotatable bonds is 1. The van der Waals surface area contributed by atoms with Gasteiger partial charge in [0, 0.05) is 0 Å². The number of hydrogen-bond donors (Lipinski definition) is 6. The van der Waals surface area contributed by atoms with Crippen molar-refractivity contribution in [3.63, 3.8) is 0 Å². The van der Waals surface area contributed by atoms with Crippen LogP contribution < -0.4 is 0 Å². The summed E-state index contributed by atoms with van der Waals surface area (Å²) < 4.78 is 0. The summed E-state index contributed by atoms with van der Waals surface area (Å²) in [4.78, 5) is 45.3. The zero-order chi connectivity index (χ0) is 12.4. The Morgan fingerprint density at radius 2 is 0.938 bits per heavy atom. The van der Waals surface area contributed by atoms with Crippen molar-refractivity contribution < 1.29 is 29.4 Å². The van der Waals surface area contributed by atoms with Gasteiger partial charge in [0.25, 0.3) is 0 Å². The molecule has 6 N–H and O–H groups in total. The van der Waals surface area contributed by atoms with E-state index < -0.39 is 13.4 Å². The van der Waals surface area contributed by atoms with Crippen LogP contribution in [0.15, 0.2) is 0 Å². The fraction of sp³-hybridized carbons (Fsp3) is 1.00. The minimum absolute atomic E-state index is 0. The van der Waals surface area contributed by atoms with Crippen molar-refractivity contribution in [1.29, 1.82) is 0 Å². The summed E-state index contributed by atoms with van der Waals surface area (Å²) in [6, 6.07) is 0. The quantitative estimate of drug-likeness (QED) is 0.390. The van der Waals surface area contributed by atoms with Gasteiger partial charge < -0.3 is 29.4 Å². The van der Waals surface area contributed by atoms with E-state index in [0.29, 0.717) is 0 Å². The molecule has 0 spiro atoms. The second kappa shape index (κ2) is 16.4. The molecule has 0 heterocycles. The molecule has 0 rings (SSSR count). The molecule has 0 unspecified atom stereocenters. The minimum Gasteiger partial charge on any atom is -0.325 e. The summed E-state index contributed by atoms with van der Waals surface area (Å²) in [7, 11) is 0. The zero-order valence-corrected chi connectivity index (χ0v) is 11.7. The third-order valence-corrected chi connectivity index (χ3v) is 0.866. The predicted octanol–water partition coefficient (Wildman–Crippen LogP) is 1.02. The van der Waals surface area contributed by atoms with Crippen LogP contribution in [-0.2, 0) is 23.6 Å². The van der Waals surface area contributed by atoms with Gasteiger partial charge in [0.15, 0.2) is 0 Å². The van der Waals surface area contributed by atoms with Crippen LogP contribution in [0.2, 0.25) is 0 Å². The molecule has 0 saturated carbocycles. The lowest BCUT2D eigenvalue weighted by Gasteiger charge is -1.88. The molecule has 106 valence electrons. The Hall–Kier alpha value is 1.41. The fourth-order valence-corrected chi connectivity index (χ4v) is 0. The maximum Gasteiger partial charge on any atom is 0.319 e. The standard InChI is InChI=1S/C3H8S.2CH4.2H3O3PS/c1-3-4-2;;;2*1-4(2,3)5/h3H2,1-2H3;2*1H4;2*(H3,1,2,3,5). The van der Waals surface area contributed by atoms with E-state index >= 15 is 0 Å². The first-order valence-electron chi connectivity index (χ1n) is 2.97. The summed E-state index contributed by atoms with van der Waals surface area (Å²) in [5.41, 5.74) is 0. The SMILES string of the molecule is C.C.CCSC.OP(O)(O)=S.OP(O)(O)=S. The molecule has 0 aromatic carbocycles. The fourth-order valence-electron chi connectivity index (χ4n) is 0. The van der Waals surface area contributed by atoms with Crippen LogP contribution in [0, 0.1) is 0 Å². The molecule has 0 aromatic rings. The highest BCUT2D eigenvalue weighted by Gasteiger charge is 1.92. The van der Waals surface area contributed by atoms with Crippen molar-refractivity contribution in [1.82, 2.24) is 0 Å². The summed E-state index contributed by atoms with van der Waals surface area (Å²) in [6.45, 7) is -5.47. The molecule has 0 aromatic heterocycles. The maximum atomic E-state index is 7.56. The van der Waals surface area contributed by atoms with E-state index in [1.807, 2.05) is 11.8 Å². The number of thioether (sulfide) groups is 1. The van der Waals surface area contributed by atoms with Gasteiger partial charge in [-0.3, -0.25) is 0 Å². The van der Waals surface area contributed by atoms with Crippen LogP contribution in [0.1, 0.15) is 21.8 Å². The van der Waals surface area contributed by atoms with Crippen molar-refractivity contribution in [2.75, 3.05) is 12.0 Å². The lowest BCUT2D eigenvalue weighted by atomic mass is 11.0. The van der Waals surface area contributed by atoms with Gasteiger partial charge >= 0.3 is 13.4 Å². The zero-order valence-electron chi connectivity index (χ0n) is 7.51. The average molecular weight is 336 g/mol. The molecule has 0 radical (unpaired) electrons. The van der Waals surface area contributed by atoms with Gasteiger partial charge in [-0.2, -0.15) is 11.8 Å². The van der Waals surface area contributed by atoms with E-state index in [-0.39, 0.29) is 14.9 Å². The summed E-state index contributed by atoms with van der Waals surface area (Å²) in [5, 5.41) is 0. The van der Waals surface area contributed by atoms with Gasteiger partial charge in [-0.25, -0.2) is 0 Å². The topological polar surface area (TPSA) is 121 Å². The molecule has 0 amide bonds. The molecule has 0 aliphatic carbocycles. The van der Waals surface area contributed by atoms with Gasteiger partial charge in [0.05, 0.1) is 0 Å². The summed E-state index contributed by atoms with van der Waals surface area (Å²) in [5.74, 6) is 1.24. The molecule has 0 aliphatic rings. The highest BCUT2D eigenvalue weighted by Crippen LogP contribution is 2.26. The molecule has 0 aliphatic heterocycles. The van der Waals surface area contributed by atoms with E-state index in [9.17, 15) is 0 Å². The first-order chi connectivity index (χ1) is 5.91. The van der Waals surface area contributed by atoms with E-state index in [0.717, 1.165) is 0 Å². The highest BCUT2D eigenvalue weighted by atomic mass is 32.5. The van der Waals surface area contributed by atoms with Crippen LogP contribution >= 0.6 is 25.2 Å². The molecular formula is C5H22O6P2S3. The Kier molecular flexibility index (Phi) is 31.2.